The Labute approximate surface area is 101 Å². The molecule has 0 radical (unpaired) electrons. The van der Waals surface area contributed by atoms with E-state index in [0.29, 0.717) is 5.56 Å². The maximum Gasteiger partial charge on any atom is 0.0991 e. The zero-order valence-corrected chi connectivity index (χ0v) is 9.89. The number of nitrogens with one attached hydrogen (secondary N) is 1. The standard InChI is InChI=1S/C13H14N2S/c1-2-8-16-9-7-15-11-13-5-3-12(10-14)4-6-13/h1,3-6,15H,7-9,11H2. The molecule has 0 bridgehead atoms. The summed E-state index contributed by atoms with van der Waals surface area (Å²) >= 11 is 1.75. The monoisotopic (exact) mass is 230 g/mol. The van der Waals surface area contributed by atoms with Gasteiger partial charge < -0.3 is 5.32 Å². The summed E-state index contributed by atoms with van der Waals surface area (Å²) in [7, 11) is 0. The third-order valence-electron chi connectivity index (χ3n) is 2.02. The number of hydrogen-bond acceptors (Lipinski definition) is 3. The summed E-state index contributed by atoms with van der Waals surface area (Å²) in [4.78, 5) is 0. The largest absolute Gasteiger partial charge is 0.312 e. The Morgan fingerprint density at radius 3 is 2.69 bits per heavy atom. The van der Waals surface area contributed by atoms with E-state index in [0.717, 1.165) is 24.6 Å². The fourth-order valence-corrected chi connectivity index (χ4v) is 1.76. The van der Waals surface area contributed by atoms with Crippen LogP contribution in [0.1, 0.15) is 11.1 Å². The minimum absolute atomic E-state index is 0.702. The van der Waals surface area contributed by atoms with Crippen LogP contribution in [0.3, 0.4) is 0 Å². The van der Waals surface area contributed by atoms with E-state index in [4.69, 9.17) is 11.7 Å². The molecule has 82 valence electrons. The third-order valence-corrected chi connectivity index (χ3v) is 2.88. The number of thioether (sulfide) groups is 1. The van der Waals surface area contributed by atoms with Crippen LogP contribution in [0.15, 0.2) is 24.3 Å². The summed E-state index contributed by atoms with van der Waals surface area (Å²) in [5.74, 6) is 4.40. The molecule has 0 atom stereocenters. The molecular weight excluding hydrogens is 216 g/mol. The Morgan fingerprint density at radius 2 is 2.06 bits per heavy atom. The van der Waals surface area contributed by atoms with Gasteiger partial charge in [0, 0.05) is 18.8 Å². The van der Waals surface area contributed by atoms with Gasteiger partial charge in [-0.2, -0.15) is 5.26 Å². The maximum absolute atomic E-state index is 8.64. The topological polar surface area (TPSA) is 35.8 Å². The summed E-state index contributed by atoms with van der Waals surface area (Å²) < 4.78 is 0. The van der Waals surface area contributed by atoms with Crippen molar-refractivity contribution in [3.05, 3.63) is 35.4 Å². The van der Waals surface area contributed by atoms with Crippen molar-refractivity contribution in [3.63, 3.8) is 0 Å². The molecule has 1 aromatic carbocycles. The highest BCUT2D eigenvalue weighted by Gasteiger charge is 1.93. The molecule has 0 fully saturated rings. The lowest BCUT2D eigenvalue weighted by molar-refractivity contribution is 0.732. The number of rotatable bonds is 6. The van der Waals surface area contributed by atoms with Gasteiger partial charge in [0.1, 0.15) is 0 Å². The van der Waals surface area contributed by atoms with Crippen molar-refractivity contribution in [1.29, 1.82) is 5.26 Å². The molecule has 0 aliphatic carbocycles. The lowest BCUT2D eigenvalue weighted by atomic mass is 10.1. The maximum atomic E-state index is 8.64. The first-order chi connectivity index (χ1) is 7.86. The molecule has 3 heteroatoms. The fourth-order valence-electron chi connectivity index (χ4n) is 1.21. The molecule has 0 saturated carbocycles. The van der Waals surface area contributed by atoms with Gasteiger partial charge in [-0.3, -0.25) is 0 Å². The molecule has 0 heterocycles. The van der Waals surface area contributed by atoms with Gasteiger partial charge in [-0.05, 0) is 17.7 Å². The molecule has 1 aromatic rings. The third kappa shape index (κ3) is 4.89. The van der Waals surface area contributed by atoms with Crippen LogP contribution in [0, 0.1) is 23.7 Å². The minimum Gasteiger partial charge on any atom is -0.312 e. The van der Waals surface area contributed by atoms with Crippen LogP contribution in [0.2, 0.25) is 0 Å². The van der Waals surface area contributed by atoms with E-state index in [1.807, 2.05) is 24.3 Å². The number of terminal acetylenes is 1. The predicted molar refractivity (Wildman–Crippen MR) is 69.0 cm³/mol. The molecule has 1 rings (SSSR count). The molecule has 0 aromatic heterocycles. The molecule has 0 saturated heterocycles. The highest BCUT2D eigenvalue weighted by Crippen LogP contribution is 2.03. The van der Waals surface area contributed by atoms with Crippen molar-refractivity contribution in [2.75, 3.05) is 18.1 Å². The van der Waals surface area contributed by atoms with Gasteiger partial charge in [0.05, 0.1) is 17.4 Å². The summed E-state index contributed by atoms with van der Waals surface area (Å²) in [6, 6.07) is 9.72. The van der Waals surface area contributed by atoms with E-state index < -0.39 is 0 Å². The van der Waals surface area contributed by atoms with Crippen molar-refractivity contribution < 1.29 is 0 Å². The van der Waals surface area contributed by atoms with Crippen LogP contribution in [-0.4, -0.2) is 18.1 Å². The number of nitriles is 1. The number of nitrogens with zero attached hydrogens (tertiary/aromatic N) is 1. The molecule has 0 unspecified atom stereocenters. The van der Waals surface area contributed by atoms with Gasteiger partial charge >= 0.3 is 0 Å². The lowest BCUT2D eigenvalue weighted by Crippen LogP contribution is -2.16. The van der Waals surface area contributed by atoms with E-state index in [2.05, 4.69) is 17.3 Å². The Hall–Kier alpha value is -1.42. The minimum atomic E-state index is 0.702. The van der Waals surface area contributed by atoms with Crippen molar-refractivity contribution >= 4 is 11.8 Å². The number of benzene rings is 1. The highest BCUT2D eigenvalue weighted by molar-refractivity contribution is 7.99. The van der Waals surface area contributed by atoms with E-state index >= 15 is 0 Å². The van der Waals surface area contributed by atoms with Crippen LogP contribution in [-0.2, 0) is 6.54 Å². The van der Waals surface area contributed by atoms with Gasteiger partial charge in [0.2, 0.25) is 0 Å². The van der Waals surface area contributed by atoms with E-state index in [-0.39, 0.29) is 0 Å². The fraction of sp³-hybridized carbons (Fsp3) is 0.308. The van der Waals surface area contributed by atoms with Gasteiger partial charge in [0.25, 0.3) is 0 Å². The SMILES string of the molecule is C#CCSCCNCc1ccc(C#N)cc1. The average Bonchev–Trinajstić information content (AvgIpc) is 2.34. The smallest absolute Gasteiger partial charge is 0.0991 e. The first kappa shape index (κ1) is 12.6. The number of hydrogen-bond donors (Lipinski definition) is 1. The van der Waals surface area contributed by atoms with Crippen LogP contribution < -0.4 is 5.32 Å². The molecule has 0 spiro atoms. The molecule has 1 N–H and O–H groups in total. The summed E-state index contributed by atoms with van der Waals surface area (Å²) in [5.41, 5.74) is 1.90. The lowest BCUT2D eigenvalue weighted by Gasteiger charge is -2.03. The molecule has 0 aliphatic rings. The van der Waals surface area contributed by atoms with Gasteiger partial charge in [-0.1, -0.05) is 18.1 Å². The molecule has 0 aliphatic heterocycles. The van der Waals surface area contributed by atoms with Gasteiger partial charge in [-0.15, -0.1) is 18.2 Å². The molecule has 2 nitrogen and oxygen atoms in total. The molecular formula is C13H14N2S. The van der Waals surface area contributed by atoms with E-state index in [1.165, 1.54) is 5.56 Å². The Kier molecular flexibility index (Phi) is 6.18. The second-order valence-corrected chi connectivity index (χ2v) is 4.35. The van der Waals surface area contributed by atoms with E-state index in [1.54, 1.807) is 11.8 Å². The van der Waals surface area contributed by atoms with Crippen LogP contribution in [0.25, 0.3) is 0 Å². The normalized spacial score (nSPS) is 9.38. The van der Waals surface area contributed by atoms with Crippen molar-refractivity contribution in [2.45, 2.75) is 6.54 Å². The van der Waals surface area contributed by atoms with Crippen molar-refractivity contribution in [3.8, 4) is 18.4 Å². The first-order valence-corrected chi connectivity index (χ1v) is 6.23. The van der Waals surface area contributed by atoms with Crippen molar-refractivity contribution in [2.24, 2.45) is 0 Å². The summed E-state index contributed by atoms with van der Waals surface area (Å²) in [6.45, 7) is 1.79. The summed E-state index contributed by atoms with van der Waals surface area (Å²) in [6.07, 6.45) is 5.14. The highest BCUT2D eigenvalue weighted by atomic mass is 32.2. The van der Waals surface area contributed by atoms with E-state index in [9.17, 15) is 0 Å². The quantitative estimate of drug-likeness (QED) is 0.600. The Bertz CT molecular complexity index is 384. The Morgan fingerprint density at radius 1 is 1.31 bits per heavy atom. The van der Waals surface area contributed by atoms with Crippen LogP contribution in [0.4, 0.5) is 0 Å². The Balaban J connectivity index is 2.18. The van der Waals surface area contributed by atoms with Gasteiger partial charge in [-0.25, -0.2) is 0 Å². The van der Waals surface area contributed by atoms with Gasteiger partial charge in [0.15, 0.2) is 0 Å². The second-order valence-electron chi connectivity index (χ2n) is 3.24. The van der Waals surface area contributed by atoms with Crippen LogP contribution in [0.5, 0.6) is 0 Å². The zero-order valence-electron chi connectivity index (χ0n) is 9.07. The second kappa shape index (κ2) is 7.82. The zero-order chi connectivity index (χ0) is 11.6. The first-order valence-electron chi connectivity index (χ1n) is 5.08. The molecule has 16 heavy (non-hydrogen) atoms. The van der Waals surface area contributed by atoms with Crippen molar-refractivity contribution in [1.82, 2.24) is 5.32 Å². The predicted octanol–water partition coefficient (Wildman–Crippen LogP) is 2.01. The van der Waals surface area contributed by atoms with Crippen LogP contribution >= 0.6 is 11.8 Å². The average molecular weight is 230 g/mol. The molecule has 0 amide bonds. The summed E-state index contributed by atoms with van der Waals surface area (Å²) in [5, 5.41) is 12.0.